The predicted molar refractivity (Wildman–Crippen MR) is 163 cm³/mol. The summed E-state index contributed by atoms with van der Waals surface area (Å²) in [6, 6.07) is 13.6. The fourth-order valence-electron chi connectivity index (χ4n) is 4.82. The van der Waals surface area contributed by atoms with Crippen LogP contribution in [0.2, 0.25) is 19.6 Å². The van der Waals surface area contributed by atoms with Gasteiger partial charge in [0.2, 0.25) is 0 Å². The van der Waals surface area contributed by atoms with Crippen LogP contribution in [0, 0.1) is 11.5 Å². The zero-order chi connectivity index (χ0) is 26.8. The molecule has 3 heteroatoms. The quantitative estimate of drug-likeness (QED) is 0.289. The molecule has 0 fully saturated rings. The first-order valence-electron chi connectivity index (χ1n) is 13.6. The molecular formula is C33H46N2Si. The molecule has 1 aliphatic heterocycles. The van der Waals surface area contributed by atoms with Gasteiger partial charge >= 0.3 is 0 Å². The Morgan fingerprint density at radius 3 is 1.22 bits per heavy atom. The molecule has 0 amide bonds. The summed E-state index contributed by atoms with van der Waals surface area (Å²) in [6.07, 6.45) is 6.65. The summed E-state index contributed by atoms with van der Waals surface area (Å²) in [6.45, 7) is 25.2. The van der Waals surface area contributed by atoms with Crippen LogP contribution in [0.5, 0.6) is 0 Å². The van der Waals surface area contributed by atoms with Gasteiger partial charge in [0.05, 0.1) is 11.4 Å². The maximum Gasteiger partial charge on any atom is 0.130 e. The van der Waals surface area contributed by atoms with Crippen molar-refractivity contribution in [2.75, 3.05) is 9.80 Å². The van der Waals surface area contributed by atoms with Crippen LogP contribution >= 0.6 is 0 Å². The maximum absolute atomic E-state index is 3.57. The van der Waals surface area contributed by atoms with Gasteiger partial charge in [-0.05, 0) is 45.9 Å². The van der Waals surface area contributed by atoms with E-state index >= 15 is 0 Å². The summed E-state index contributed by atoms with van der Waals surface area (Å²) >= 11 is 0. The number of hydrogen-bond acceptors (Lipinski definition) is 2. The van der Waals surface area contributed by atoms with E-state index in [1.54, 1.807) is 0 Å². The summed E-state index contributed by atoms with van der Waals surface area (Å²) in [5, 5.41) is 0. The van der Waals surface area contributed by atoms with Crippen molar-refractivity contribution in [2.24, 2.45) is 0 Å². The fourth-order valence-corrected chi connectivity index (χ4v) is 5.32. The molecule has 0 spiro atoms. The Morgan fingerprint density at radius 2 is 0.944 bits per heavy atom. The Morgan fingerprint density at radius 1 is 0.611 bits per heavy atom. The van der Waals surface area contributed by atoms with Crippen molar-refractivity contribution in [3.05, 3.63) is 82.9 Å². The van der Waals surface area contributed by atoms with Gasteiger partial charge in [0, 0.05) is 18.5 Å². The molecule has 0 saturated heterocycles. The Hall–Kier alpha value is -2.70. The predicted octanol–water partition coefficient (Wildman–Crippen LogP) is 9.70. The van der Waals surface area contributed by atoms with Gasteiger partial charge in [0.15, 0.2) is 0 Å². The van der Waals surface area contributed by atoms with Gasteiger partial charge in [-0.2, -0.15) is 0 Å². The lowest BCUT2D eigenvalue weighted by Crippen LogP contribution is -2.26. The van der Waals surface area contributed by atoms with Crippen LogP contribution in [-0.4, -0.2) is 8.07 Å². The number of para-hydroxylation sites is 2. The molecule has 2 aromatic carbocycles. The standard InChI is InChI=1S/C33H46N2Si/c1-23(2)27-15-12-16-28(24(3)4)32(27)34-20-21-35(31(34)19-14-22-36(9,10)11)33-29(25(5)6)17-13-18-30(33)26(7)8/h12-13,15-21,23-26H,1-11H3. The lowest BCUT2D eigenvalue weighted by atomic mass is 9.91. The Kier molecular flexibility index (Phi) is 8.62. The van der Waals surface area contributed by atoms with Gasteiger partial charge in [0.25, 0.3) is 0 Å². The van der Waals surface area contributed by atoms with Crippen LogP contribution in [-0.2, 0) is 0 Å². The first kappa shape index (κ1) is 27.9. The molecule has 0 N–H and O–H groups in total. The van der Waals surface area contributed by atoms with Crippen LogP contribution in [0.25, 0.3) is 0 Å². The fraction of sp³-hybridized carbons (Fsp3) is 0.455. The van der Waals surface area contributed by atoms with E-state index in [-0.39, 0.29) is 0 Å². The van der Waals surface area contributed by atoms with Crippen molar-refractivity contribution in [1.29, 1.82) is 0 Å². The van der Waals surface area contributed by atoms with E-state index < -0.39 is 8.07 Å². The number of benzene rings is 2. The van der Waals surface area contributed by atoms with Gasteiger partial charge in [0.1, 0.15) is 13.9 Å². The average Bonchev–Trinajstić information content (AvgIpc) is 3.19. The summed E-state index contributed by atoms with van der Waals surface area (Å²) in [4.78, 5) is 4.79. The van der Waals surface area contributed by atoms with Crippen molar-refractivity contribution >= 4 is 19.4 Å². The molecule has 2 aromatic rings. The highest BCUT2D eigenvalue weighted by atomic mass is 28.3. The molecule has 0 unspecified atom stereocenters. The second kappa shape index (κ2) is 11.1. The lowest BCUT2D eigenvalue weighted by molar-refractivity contribution is 0.820. The molecule has 192 valence electrons. The van der Waals surface area contributed by atoms with Crippen molar-refractivity contribution in [3.8, 4) is 11.5 Å². The number of allylic oxidation sites excluding steroid dienone is 1. The molecule has 0 radical (unpaired) electrons. The minimum absolute atomic E-state index is 0.421. The highest BCUT2D eigenvalue weighted by Crippen LogP contribution is 2.44. The Bertz CT molecular complexity index is 1070. The summed E-state index contributed by atoms with van der Waals surface area (Å²) in [5.41, 5.74) is 11.7. The van der Waals surface area contributed by atoms with E-state index in [2.05, 4.69) is 151 Å². The van der Waals surface area contributed by atoms with Crippen LogP contribution in [0.4, 0.5) is 11.4 Å². The monoisotopic (exact) mass is 498 g/mol. The number of anilines is 2. The van der Waals surface area contributed by atoms with Crippen molar-refractivity contribution < 1.29 is 0 Å². The van der Waals surface area contributed by atoms with E-state index in [9.17, 15) is 0 Å². The van der Waals surface area contributed by atoms with E-state index in [0.29, 0.717) is 23.7 Å². The molecule has 0 bridgehead atoms. The molecule has 2 nitrogen and oxygen atoms in total. The molecular weight excluding hydrogens is 452 g/mol. The van der Waals surface area contributed by atoms with Gasteiger partial charge < -0.3 is 9.80 Å². The normalized spacial score (nSPS) is 13.9. The van der Waals surface area contributed by atoms with Gasteiger partial charge in [-0.3, -0.25) is 0 Å². The van der Waals surface area contributed by atoms with Crippen molar-refractivity contribution in [2.45, 2.75) is 98.7 Å². The lowest BCUT2D eigenvalue weighted by Gasteiger charge is -2.32. The van der Waals surface area contributed by atoms with Gasteiger partial charge in [-0.15, -0.1) is 5.54 Å². The van der Waals surface area contributed by atoms with E-state index in [0.717, 1.165) is 5.82 Å². The minimum Gasteiger partial charge on any atom is -0.300 e. The smallest absolute Gasteiger partial charge is 0.130 e. The molecule has 0 aromatic heterocycles. The third kappa shape index (κ3) is 5.98. The molecule has 1 heterocycles. The Labute approximate surface area is 222 Å². The summed E-state index contributed by atoms with van der Waals surface area (Å²) in [5.74, 6) is 6.29. The van der Waals surface area contributed by atoms with E-state index in [4.69, 9.17) is 0 Å². The van der Waals surface area contributed by atoms with Crippen LogP contribution in [0.1, 0.15) is 101 Å². The highest BCUT2D eigenvalue weighted by Gasteiger charge is 2.30. The summed E-state index contributed by atoms with van der Waals surface area (Å²) < 4.78 is 0. The number of hydrogen-bond donors (Lipinski definition) is 0. The first-order valence-corrected chi connectivity index (χ1v) is 17.1. The zero-order valence-electron chi connectivity index (χ0n) is 24.4. The average molecular weight is 499 g/mol. The van der Waals surface area contributed by atoms with E-state index in [1.807, 2.05) is 0 Å². The van der Waals surface area contributed by atoms with Crippen LogP contribution in [0.3, 0.4) is 0 Å². The first-order chi connectivity index (χ1) is 16.8. The molecule has 0 atom stereocenters. The topological polar surface area (TPSA) is 6.48 Å². The molecule has 1 aliphatic rings. The zero-order valence-corrected chi connectivity index (χ0v) is 25.4. The van der Waals surface area contributed by atoms with Crippen molar-refractivity contribution in [3.63, 3.8) is 0 Å². The van der Waals surface area contributed by atoms with E-state index in [1.165, 1.54) is 33.6 Å². The summed E-state index contributed by atoms with van der Waals surface area (Å²) in [7, 11) is -1.51. The van der Waals surface area contributed by atoms with Gasteiger partial charge in [-0.25, -0.2) is 0 Å². The third-order valence-corrected chi connectivity index (χ3v) is 7.57. The second-order valence-corrected chi connectivity index (χ2v) is 17.0. The van der Waals surface area contributed by atoms with Crippen LogP contribution < -0.4 is 9.80 Å². The third-order valence-electron chi connectivity index (χ3n) is 6.67. The van der Waals surface area contributed by atoms with Crippen molar-refractivity contribution in [1.82, 2.24) is 0 Å². The van der Waals surface area contributed by atoms with Crippen LogP contribution in [0.15, 0.2) is 60.7 Å². The largest absolute Gasteiger partial charge is 0.300 e. The molecule has 3 rings (SSSR count). The molecule has 0 saturated carbocycles. The maximum atomic E-state index is 3.57. The molecule has 36 heavy (non-hydrogen) atoms. The molecule has 0 aliphatic carbocycles. The SMILES string of the molecule is CC(C)c1cccc(C(C)C)c1N1C=CN(c2c(C(C)C)cccc2C(C)C)C1=CC#C[Si](C)(C)C. The second-order valence-electron chi connectivity index (χ2n) is 12.2. The number of nitrogens with zero attached hydrogens (tertiary/aromatic N) is 2. The Balaban J connectivity index is 2.32. The highest BCUT2D eigenvalue weighted by molar-refractivity contribution is 6.83. The van der Waals surface area contributed by atoms with Gasteiger partial charge in [-0.1, -0.05) is 117 Å². The number of rotatable bonds is 6. The minimum atomic E-state index is -1.51.